The van der Waals surface area contributed by atoms with Gasteiger partial charge in [0, 0.05) is 11.5 Å². The van der Waals surface area contributed by atoms with Crippen molar-refractivity contribution in [1.82, 2.24) is 0 Å². The van der Waals surface area contributed by atoms with E-state index in [1.54, 1.807) is 38.5 Å². The molecule has 0 aliphatic rings. The van der Waals surface area contributed by atoms with Crippen LogP contribution in [0.2, 0.25) is 0 Å². The van der Waals surface area contributed by atoms with E-state index in [4.69, 9.17) is 19.9 Å². The summed E-state index contributed by atoms with van der Waals surface area (Å²) in [5.74, 6) is -1.28. The topological polar surface area (TPSA) is 108 Å². The maximum absolute atomic E-state index is 13.2. The van der Waals surface area contributed by atoms with Crippen molar-refractivity contribution in [3.05, 3.63) is 52.6 Å². The van der Waals surface area contributed by atoms with Gasteiger partial charge in [0.2, 0.25) is 11.7 Å². The van der Waals surface area contributed by atoms with Crippen LogP contribution in [0, 0.1) is 0 Å². The summed E-state index contributed by atoms with van der Waals surface area (Å²) in [6, 6.07) is 8.64. The van der Waals surface area contributed by atoms with Gasteiger partial charge >= 0.3 is 5.97 Å². The molecule has 2 aromatic rings. The van der Waals surface area contributed by atoms with E-state index in [0.29, 0.717) is 29.2 Å². The highest BCUT2D eigenvalue weighted by Gasteiger charge is 2.36. The third-order valence-corrected chi connectivity index (χ3v) is 6.40. The van der Waals surface area contributed by atoms with Gasteiger partial charge in [0.25, 0.3) is 0 Å². The smallest absolute Gasteiger partial charge is 0.335 e. The number of carbonyl (C=O) groups excluding carboxylic acids is 1. The second-order valence-corrected chi connectivity index (χ2v) is 9.76. The van der Waals surface area contributed by atoms with E-state index in [-0.39, 0.29) is 16.9 Å². The van der Waals surface area contributed by atoms with E-state index >= 15 is 0 Å². The van der Waals surface area contributed by atoms with Gasteiger partial charge in [-0.05, 0) is 41.2 Å². The Balaban J connectivity index is 2.87. The monoisotopic (exact) mass is 485 g/mol. The quantitative estimate of drug-likeness (QED) is 0.377. The molecule has 0 saturated carbocycles. The molecule has 2 unspecified atom stereocenters. The molecule has 2 atom stereocenters. The number of carboxylic acids is 1. The molecule has 1 amide bonds. The molecular formula is C28H39NO6. The molecule has 35 heavy (non-hydrogen) atoms. The minimum atomic E-state index is -1.05. The fourth-order valence-electron chi connectivity index (χ4n) is 4.74. The third-order valence-electron chi connectivity index (χ3n) is 6.40. The number of benzene rings is 2. The van der Waals surface area contributed by atoms with Crippen LogP contribution in [-0.2, 0) is 10.2 Å². The third kappa shape index (κ3) is 6.27. The van der Waals surface area contributed by atoms with Crippen molar-refractivity contribution in [3.63, 3.8) is 0 Å². The van der Waals surface area contributed by atoms with Crippen molar-refractivity contribution in [2.75, 3.05) is 21.3 Å². The Morgan fingerprint density at radius 2 is 1.60 bits per heavy atom. The zero-order valence-corrected chi connectivity index (χ0v) is 21.9. The van der Waals surface area contributed by atoms with Gasteiger partial charge in [-0.2, -0.15) is 0 Å². The number of amides is 1. The van der Waals surface area contributed by atoms with Crippen LogP contribution < -0.4 is 19.9 Å². The fourth-order valence-corrected chi connectivity index (χ4v) is 4.74. The Labute approximate surface area is 208 Å². The summed E-state index contributed by atoms with van der Waals surface area (Å²) < 4.78 is 16.8. The summed E-state index contributed by atoms with van der Waals surface area (Å²) in [6.07, 6.45) is 3.53. The molecule has 0 saturated heterocycles. The molecule has 0 spiro atoms. The van der Waals surface area contributed by atoms with Crippen molar-refractivity contribution in [1.29, 1.82) is 0 Å². The summed E-state index contributed by atoms with van der Waals surface area (Å²) in [7, 11) is 4.64. The number of rotatable bonds is 12. The first-order valence-corrected chi connectivity index (χ1v) is 12.0. The van der Waals surface area contributed by atoms with E-state index in [2.05, 4.69) is 6.92 Å². The van der Waals surface area contributed by atoms with Crippen LogP contribution in [0.3, 0.4) is 0 Å². The lowest BCUT2D eigenvalue weighted by atomic mass is 9.72. The SMILES string of the molecule is CCCCCC(c1ccc(OC)c(OC)c1OC)C(C(N)=O)c1cc(C(=O)O)ccc1C(C)(C)C. The normalized spacial score (nSPS) is 13.1. The summed E-state index contributed by atoms with van der Waals surface area (Å²) in [4.78, 5) is 25.0. The first kappa shape index (κ1) is 28.0. The molecule has 7 heteroatoms. The Morgan fingerprint density at radius 1 is 0.943 bits per heavy atom. The van der Waals surface area contributed by atoms with Crippen molar-refractivity contribution in [2.24, 2.45) is 5.73 Å². The largest absolute Gasteiger partial charge is 0.493 e. The van der Waals surface area contributed by atoms with Gasteiger partial charge in [0.1, 0.15) is 0 Å². The Morgan fingerprint density at radius 3 is 2.09 bits per heavy atom. The number of aromatic carboxylic acids is 1. The highest BCUT2D eigenvalue weighted by atomic mass is 16.5. The van der Waals surface area contributed by atoms with E-state index in [0.717, 1.165) is 30.4 Å². The molecule has 7 nitrogen and oxygen atoms in total. The highest BCUT2D eigenvalue weighted by Crippen LogP contribution is 2.49. The maximum Gasteiger partial charge on any atom is 0.335 e. The number of ether oxygens (including phenoxy) is 3. The molecule has 0 bridgehead atoms. The number of unbranched alkanes of at least 4 members (excludes halogenated alkanes) is 2. The van der Waals surface area contributed by atoms with Crippen molar-refractivity contribution in [3.8, 4) is 17.2 Å². The average molecular weight is 486 g/mol. The second kappa shape index (κ2) is 12.0. The van der Waals surface area contributed by atoms with Crippen LogP contribution in [0.15, 0.2) is 30.3 Å². The summed E-state index contributed by atoms with van der Waals surface area (Å²) >= 11 is 0. The maximum atomic E-state index is 13.2. The minimum absolute atomic E-state index is 0.117. The zero-order chi connectivity index (χ0) is 26.3. The van der Waals surface area contributed by atoms with E-state index in [9.17, 15) is 14.7 Å². The number of carbonyl (C=O) groups is 2. The van der Waals surface area contributed by atoms with Gasteiger partial charge in [-0.25, -0.2) is 4.79 Å². The summed E-state index contributed by atoms with van der Waals surface area (Å²) in [5.41, 5.74) is 8.14. The van der Waals surface area contributed by atoms with Crippen LogP contribution in [0.1, 0.15) is 92.3 Å². The molecular weight excluding hydrogens is 446 g/mol. The van der Waals surface area contributed by atoms with Crippen molar-refractivity contribution >= 4 is 11.9 Å². The lowest BCUT2D eigenvalue weighted by Gasteiger charge is -2.32. The van der Waals surface area contributed by atoms with Crippen LogP contribution in [0.4, 0.5) is 0 Å². The molecule has 2 aromatic carbocycles. The van der Waals surface area contributed by atoms with Crippen LogP contribution in [0.25, 0.3) is 0 Å². The molecule has 0 aliphatic heterocycles. The van der Waals surface area contributed by atoms with E-state index < -0.39 is 17.8 Å². The number of methoxy groups -OCH3 is 3. The lowest BCUT2D eigenvalue weighted by Crippen LogP contribution is -2.30. The fraction of sp³-hybridized carbons (Fsp3) is 0.500. The van der Waals surface area contributed by atoms with Crippen molar-refractivity contribution < 1.29 is 28.9 Å². The number of hydrogen-bond acceptors (Lipinski definition) is 5. The Hall–Kier alpha value is -3.22. The molecule has 192 valence electrons. The van der Waals surface area contributed by atoms with Crippen LogP contribution in [-0.4, -0.2) is 38.3 Å². The first-order valence-electron chi connectivity index (χ1n) is 12.0. The first-order chi connectivity index (χ1) is 16.5. The molecule has 0 aromatic heterocycles. The molecule has 0 heterocycles. The Kier molecular flexibility index (Phi) is 9.57. The molecule has 2 rings (SSSR count). The highest BCUT2D eigenvalue weighted by molar-refractivity contribution is 5.90. The van der Waals surface area contributed by atoms with E-state index in [1.165, 1.54) is 7.11 Å². The van der Waals surface area contributed by atoms with Gasteiger partial charge < -0.3 is 25.1 Å². The van der Waals surface area contributed by atoms with Gasteiger partial charge in [-0.1, -0.05) is 59.1 Å². The molecule has 0 fully saturated rings. The number of nitrogens with two attached hydrogens (primary N) is 1. The molecule has 0 aliphatic carbocycles. The van der Waals surface area contributed by atoms with Crippen LogP contribution in [0.5, 0.6) is 17.2 Å². The van der Waals surface area contributed by atoms with Gasteiger partial charge in [-0.3, -0.25) is 4.79 Å². The lowest BCUT2D eigenvalue weighted by molar-refractivity contribution is -0.120. The summed E-state index contributed by atoms with van der Waals surface area (Å²) in [5, 5.41) is 9.69. The number of carboxylic acid groups (broad SMARTS) is 1. The molecule has 3 N–H and O–H groups in total. The van der Waals surface area contributed by atoms with Gasteiger partial charge in [0.05, 0.1) is 32.8 Å². The average Bonchev–Trinajstić information content (AvgIpc) is 2.81. The van der Waals surface area contributed by atoms with Crippen molar-refractivity contribution in [2.45, 2.75) is 70.6 Å². The number of primary amides is 1. The van der Waals surface area contributed by atoms with Gasteiger partial charge in [0.15, 0.2) is 11.5 Å². The second-order valence-electron chi connectivity index (χ2n) is 9.76. The molecule has 0 radical (unpaired) electrons. The predicted octanol–water partition coefficient (Wildman–Crippen LogP) is 5.64. The minimum Gasteiger partial charge on any atom is -0.493 e. The Bertz CT molecular complexity index is 1040. The standard InChI is InChI=1S/C28H39NO6/c1-8-9-10-11-18(19-13-15-22(33-5)25(35-7)24(19)34-6)23(26(29)30)20-16-17(27(31)32)12-14-21(20)28(2,3)4/h12-16,18,23H,8-11H2,1-7H3,(H2,29,30)(H,31,32). The predicted molar refractivity (Wildman–Crippen MR) is 137 cm³/mol. The summed E-state index contributed by atoms with van der Waals surface area (Å²) in [6.45, 7) is 8.22. The van der Waals surface area contributed by atoms with Gasteiger partial charge in [-0.15, -0.1) is 0 Å². The van der Waals surface area contributed by atoms with Crippen LogP contribution >= 0.6 is 0 Å². The van der Waals surface area contributed by atoms with E-state index in [1.807, 2.05) is 26.8 Å². The number of hydrogen-bond donors (Lipinski definition) is 2. The zero-order valence-electron chi connectivity index (χ0n) is 21.9.